The third-order valence-corrected chi connectivity index (χ3v) is 3.75. The molecule has 8 nitrogen and oxygen atoms in total. The number of rotatable bonds is 6. The van der Waals surface area contributed by atoms with Gasteiger partial charge < -0.3 is 4.74 Å². The lowest BCUT2D eigenvalue weighted by Crippen LogP contribution is -2.47. The van der Waals surface area contributed by atoms with E-state index in [-0.39, 0.29) is 5.69 Å². The monoisotopic (exact) mass is 383 g/mol. The quantitative estimate of drug-likeness (QED) is 0.632. The Hall–Kier alpha value is -3.75. The Morgan fingerprint density at radius 2 is 1.82 bits per heavy atom. The number of nitrogens with one attached hydrogen (secondary N) is 2. The second kappa shape index (κ2) is 8.76. The average Bonchev–Trinajstić information content (AvgIpc) is 3.17. The molecule has 2 N–H and O–H groups in total. The number of nitrogens with zero attached hydrogens (tertiary/aromatic N) is 3. The van der Waals surface area contributed by atoms with Crippen LogP contribution in [-0.4, -0.2) is 32.9 Å². The van der Waals surface area contributed by atoms with E-state index in [2.05, 4.69) is 21.2 Å². The Morgan fingerprint density at radius 1 is 1.11 bits per heavy atom. The van der Waals surface area contributed by atoms with E-state index in [1.54, 1.807) is 0 Å². The van der Waals surface area contributed by atoms with E-state index in [9.17, 15) is 14.0 Å². The zero-order valence-electron chi connectivity index (χ0n) is 15.0. The maximum Gasteiger partial charge on any atom is 0.291 e. The summed E-state index contributed by atoms with van der Waals surface area (Å²) in [5, 5.41) is 7.69. The number of carbonyl (C=O) groups is 2. The molecule has 0 aliphatic rings. The Labute approximate surface area is 160 Å². The van der Waals surface area contributed by atoms with Crippen LogP contribution in [0.25, 0.3) is 0 Å². The second-order valence-corrected chi connectivity index (χ2v) is 5.94. The summed E-state index contributed by atoms with van der Waals surface area (Å²) in [7, 11) is 0. The molecule has 0 saturated carbocycles. The molecule has 0 unspecified atom stereocenters. The highest BCUT2D eigenvalue weighted by atomic mass is 19.1. The van der Waals surface area contributed by atoms with Crippen LogP contribution in [0.1, 0.15) is 23.0 Å². The first-order valence-corrected chi connectivity index (χ1v) is 8.48. The summed E-state index contributed by atoms with van der Waals surface area (Å²) in [5.41, 5.74) is 5.59. The molecule has 0 spiro atoms. The van der Waals surface area contributed by atoms with Gasteiger partial charge >= 0.3 is 0 Å². The number of hydrogen-bond acceptors (Lipinski definition) is 5. The molecule has 1 aromatic heterocycles. The van der Waals surface area contributed by atoms with Crippen LogP contribution in [0, 0.1) is 5.82 Å². The van der Waals surface area contributed by atoms with Gasteiger partial charge in [-0.15, -0.1) is 5.10 Å². The first-order chi connectivity index (χ1) is 13.5. The fourth-order valence-corrected chi connectivity index (χ4v) is 2.31. The molecule has 0 aliphatic heterocycles. The molecule has 0 radical (unpaired) electrons. The summed E-state index contributed by atoms with van der Waals surface area (Å²) in [6, 6.07) is 14.9. The van der Waals surface area contributed by atoms with Crippen molar-refractivity contribution in [1.82, 2.24) is 25.8 Å². The first-order valence-electron chi connectivity index (χ1n) is 8.48. The summed E-state index contributed by atoms with van der Waals surface area (Å²) >= 11 is 0. The van der Waals surface area contributed by atoms with Gasteiger partial charge in [-0.1, -0.05) is 35.5 Å². The topological polar surface area (TPSA) is 98.1 Å². The van der Waals surface area contributed by atoms with Crippen LogP contribution in [0.2, 0.25) is 0 Å². The zero-order chi connectivity index (χ0) is 19.9. The van der Waals surface area contributed by atoms with Gasteiger partial charge in [-0.3, -0.25) is 20.4 Å². The van der Waals surface area contributed by atoms with Crippen LogP contribution in [-0.2, 0) is 11.3 Å². The SMILES string of the molecule is C[C@H](Oc1ccc(F)cc1)C(=O)NNC(=O)c1cn(Cc2ccccc2)nn1. The fourth-order valence-electron chi connectivity index (χ4n) is 2.31. The molecule has 0 aliphatic carbocycles. The molecule has 0 bridgehead atoms. The molecule has 1 atom stereocenters. The molecule has 144 valence electrons. The van der Waals surface area contributed by atoms with Gasteiger partial charge in [0.05, 0.1) is 12.7 Å². The van der Waals surface area contributed by atoms with E-state index in [1.807, 2.05) is 30.3 Å². The van der Waals surface area contributed by atoms with Gasteiger partial charge in [0.2, 0.25) is 0 Å². The van der Waals surface area contributed by atoms with E-state index in [0.717, 1.165) is 5.56 Å². The van der Waals surface area contributed by atoms with Gasteiger partial charge in [0.15, 0.2) is 11.8 Å². The van der Waals surface area contributed by atoms with Gasteiger partial charge in [0.25, 0.3) is 11.8 Å². The molecule has 3 rings (SSSR count). The minimum Gasteiger partial charge on any atom is -0.481 e. The predicted octanol–water partition coefficient (Wildman–Crippen LogP) is 1.69. The van der Waals surface area contributed by atoms with Crippen LogP contribution in [0.4, 0.5) is 4.39 Å². The third kappa shape index (κ3) is 5.13. The normalized spacial score (nSPS) is 11.5. The molecule has 0 saturated heterocycles. The van der Waals surface area contributed by atoms with E-state index in [0.29, 0.717) is 12.3 Å². The summed E-state index contributed by atoms with van der Waals surface area (Å²) in [4.78, 5) is 24.1. The van der Waals surface area contributed by atoms with Gasteiger partial charge in [-0.05, 0) is 36.8 Å². The Balaban J connectivity index is 1.49. The maximum atomic E-state index is 12.9. The van der Waals surface area contributed by atoms with Crippen molar-refractivity contribution in [3.8, 4) is 5.75 Å². The highest BCUT2D eigenvalue weighted by molar-refractivity contribution is 5.93. The standard InChI is InChI=1S/C19H18FN5O3/c1-13(28-16-9-7-15(20)8-10-16)18(26)22-23-19(27)17-12-25(24-21-17)11-14-5-3-2-4-6-14/h2-10,12-13H,11H2,1H3,(H,22,26)(H,23,27)/t13-/m0/s1. The Morgan fingerprint density at radius 3 is 2.54 bits per heavy atom. The largest absolute Gasteiger partial charge is 0.481 e. The molecule has 2 amide bonds. The van der Waals surface area contributed by atoms with Crippen molar-refractivity contribution in [2.24, 2.45) is 0 Å². The lowest BCUT2D eigenvalue weighted by atomic mass is 10.2. The summed E-state index contributed by atoms with van der Waals surface area (Å²) in [6.07, 6.45) is 0.576. The number of halogens is 1. The zero-order valence-corrected chi connectivity index (χ0v) is 15.0. The number of hydrazine groups is 1. The van der Waals surface area contributed by atoms with E-state index < -0.39 is 23.7 Å². The lowest BCUT2D eigenvalue weighted by molar-refractivity contribution is -0.128. The van der Waals surface area contributed by atoms with Crippen LogP contribution in [0.3, 0.4) is 0 Å². The van der Waals surface area contributed by atoms with Crippen molar-refractivity contribution >= 4 is 11.8 Å². The summed E-state index contributed by atoms with van der Waals surface area (Å²) in [6.45, 7) is 1.97. The smallest absolute Gasteiger partial charge is 0.291 e. The summed E-state index contributed by atoms with van der Waals surface area (Å²) in [5.74, 6) is -1.26. The third-order valence-electron chi connectivity index (χ3n) is 3.75. The molecule has 2 aromatic carbocycles. The van der Waals surface area contributed by atoms with Gasteiger partial charge in [0, 0.05) is 0 Å². The number of amides is 2. The fraction of sp³-hybridized carbons (Fsp3) is 0.158. The molecular formula is C19H18FN5O3. The number of benzene rings is 2. The van der Waals surface area contributed by atoms with E-state index >= 15 is 0 Å². The van der Waals surface area contributed by atoms with Crippen molar-refractivity contribution in [2.45, 2.75) is 19.6 Å². The van der Waals surface area contributed by atoms with E-state index in [4.69, 9.17) is 4.74 Å². The lowest BCUT2D eigenvalue weighted by Gasteiger charge is -2.14. The molecular weight excluding hydrogens is 365 g/mol. The Kier molecular flexibility index (Phi) is 5.95. The van der Waals surface area contributed by atoms with Gasteiger partial charge in [0.1, 0.15) is 11.6 Å². The molecule has 1 heterocycles. The van der Waals surface area contributed by atoms with Crippen molar-refractivity contribution in [3.05, 3.63) is 77.9 Å². The predicted molar refractivity (Wildman–Crippen MR) is 97.7 cm³/mol. The summed E-state index contributed by atoms with van der Waals surface area (Å²) < 4.78 is 19.8. The molecule has 28 heavy (non-hydrogen) atoms. The van der Waals surface area contributed by atoms with Gasteiger partial charge in [-0.25, -0.2) is 9.07 Å². The molecule has 3 aromatic rings. The first kappa shape index (κ1) is 19.0. The minimum absolute atomic E-state index is 0.0586. The van der Waals surface area contributed by atoms with Crippen LogP contribution in [0.15, 0.2) is 60.8 Å². The molecule has 0 fully saturated rings. The molecule has 9 heteroatoms. The van der Waals surface area contributed by atoms with Crippen molar-refractivity contribution < 1.29 is 18.7 Å². The maximum absolute atomic E-state index is 12.9. The van der Waals surface area contributed by atoms with Crippen molar-refractivity contribution in [3.63, 3.8) is 0 Å². The van der Waals surface area contributed by atoms with Crippen molar-refractivity contribution in [1.29, 1.82) is 0 Å². The average molecular weight is 383 g/mol. The van der Waals surface area contributed by atoms with E-state index in [1.165, 1.54) is 42.1 Å². The minimum atomic E-state index is -0.903. The number of carbonyl (C=O) groups excluding carboxylic acids is 2. The van der Waals surface area contributed by atoms with Crippen LogP contribution in [0.5, 0.6) is 5.75 Å². The van der Waals surface area contributed by atoms with Gasteiger partial charge in [-0.2, -0.15) is 0 Å². The van der Waals surface area contributed by atoms with Crippen LogP contribution < -0.4 is 15.6 Å². The number of aromatic nitrogens is 3. The highest BCUT2D eigenvalue weighted by Crippen LogP contribution is 2.12. The van der Waals surface area contributed by atoms with Crippen LogP contribution >= 0.6 is 0 Å². The Bertz CT molecular complexity index is 944. The number of ether oxygens (including phenoxy) is 1. The number of hydrogen-bond donors (Lipinski definition) is 2. The highest BCUT2D eigenvalue weighted by Gasteiger charge is 2.17. The second-order valence-electron chi connectivity index (χ2n) is 5.94. The van der Waals surface area contributed by atoms with Crippen molar-refractivity contribution in [2.75, 3.05) is 0 Å².